The van der Waals surface area contributed by atoms with E-state index in [9.17, 15) is 0 Å². The van der Waals surface area contributed by atoms with Gasteiger partial charge in [-0.2, -0.15) is 0 Å². The molecule has 3 rings (SSSR count). The van der Waals surface area contributed by atoms with Crippen LogP contribution in [0.3, 0.4) is 0 Å². The van der Waals surface area contributed by atoms with Crippen molar-refractivity contribution >= 4 is 33.8 Å². The van der Waals surface area contributed by atoms with Crippen LogP contribution in [0.2, 0.25) is 5.02 Å². The second-order valence-electron chi connectivity index (χ2n) is 5.22. The Morgan fingerprint density at radius 2 is 2.14 bits per heavy atom. The van der Waals surface area contributed by atoms with Crippen LogP contribution >= 0.6 is 22.9 Å². The monoisotopic (exact) mass is 319 g/mol. The number of nitrogens with one attached hydrogen (secondary N) is 1. The molecule has 0 aliphatic heterocycles. The summed E-state index contributed by atoms with van der Waals surface area (Å²) in [6.07, 6.45) is 2.20. The van der Waals surface area contributed by atoms with Crippen molar-refractivity contribution in [3.05, 3.63) is 50.6 Å². The first-order valence-electron chi connectivity index (χ1n) is 6.93. The number of hydrogen-bond donors (Lipinski definition) is 1. The summed E-state index contributed by atoms with van der Waals surface area (Å²) in [6.45, 7) is 5.82. The third-order valence-electron chi connectivity index (χ3n) is 3.67. The number of halogens is 1. The predicted molar refractivity (Wildman–Crippen MR) is 90.4 cm³/mol. The van der Waals surface area contributed by atoms with E-state index in [1.54, 1.807) is 11.3 Å². The van der Waals surface area contributed by atoms with Crippen molar-refractivity contribution in [2.75, 3.05) is 7.05 Å². The summed E-state index contributed by atoms with van der Waals surface area (Å²) in [4.78, 5) is 5.93. The fourth-order valence-electron chi connectivity index (χ4n) is 2.56. The van der Waals surface area contributed by atoms with E-state index in [4.69, 9.17) is 11.6 Å². The maximum absolute atomic E-state index is 6.17. The normalized spacial score (nSPS) is 11.4. The lowest BCUT2D eigenvalue weighted by Gasteiger charge is -2.02. The highest BCUT2D eigenvalue weighted by Gasteiger charge is 2.11. The van der Waals surface area contributed by atoms with E-state index < -0.39 is 0 Å². The van der Waals surface area contributed by atoms with Gasteiger partial charge in [-0.1, -0.05) is 17.7 Å². The zero-order valence-corrected chi connectivity index (χ0v) is 14.0. The van der Waals surface area contributed by atoms with Crippen LogP contribution in [0, 0.1) is 13.8 Å². The molecule has 0 saturated carbocycles. The number of benzene rings is 1. The molecule has 0 spiro atoms. The number of aromatic nitrogens is 2. The summed E-state index contributed by atoms with van der Waals surface area (Å²) >= 11 is 7.93. The zero-order valence-electron chi connectivity index (χ0n) is 12.4. The molecule has 3 aromatic rings. The molecule has 0 amide bonds. The molecule has 0 bridgehead atoms. The smallest absolute Gasteiger partial charge is 0.113 e. The minimum absolute atomic E-state index is 0.768. The number of aryl methyl sites for hydroxylation is 2. The minimum Gasteiger partial charge on any atom is -0.340 e. The summed E-state index contributed by atoms with van der Waals surface area (Å²) in [5, 5.41) is 6.38. The van der Waals surface area contributed by atoms with Gasteiger partial charge in [0.1, 0.15) is 5.01 Å². The third kappa shape index (κ3) is 2.84. The van der Waals surface area contributed by atoms with Gasteiger partial charge in [-0.25, -0.2) is 4.98 Å². The number of nitrogens with zero attached hydrogens (tertiary/aromatic N) is 2. The van der Waals surface area contributed by atoms with Crippen LogP contribution < -0.4 is 5.32 Å². The number of rotatable bonds is 4. The Kier molecular flexibility index (Phi) is 4.02. The first-order chi connectivity index (χ1) is 10.1. The van der Waals surface area contributed by atoms with Gasteiger partial charge in [-0.3, -0.25) is 0 Å². The van der Waals surface area contributed by atoms with Crippen molar-refractivity contribution in [1.82, 2.24) is 14.9 Å². The zero-order chi connectivity index (χ0) is 15.0. The standard InChI is InChI=1S/C16H18ClN3S/c1-10-11(2)21-16(19-10)9-20-8-12(7-18-3)14-5-4-13(17)6-15(14)20/h4-6,8,18H,7,9H2,1-3H3. The quantitative estimate of drug-likeness (QED) is 0.783. The molecule has 0 unspecified atom stereocenters. The van der Waals surface area contributed by atoms with Crippen molar-refractivity contribution in [3.8, 4) is 0 Å². The van der Waals surface area contributed by atoms with Gasteiger partial charge in [0.15, 0.2) is 0 Å². The van der Waals surface area contributed by atoms with E-state index in [1.165, 1.54) is 21.3 Å². The van der Waals surface area contributed by atoms with Crippen LogP contribution in [0.4, 0.5) is 0 Å². The summed E-state index contributed by atoms with van der Waals surface area (Å²) in [6, 6.07) is 6.08. The highest BCUT2D eigenvalue weighted by molar-refractivity contribution is 7.11. The molecule has 1 aromatic carbocycles. The van der Waals surface area contributed by atoms with Crippen LogP contribution in [0.25, 0.3) is 10.9 Å². The average Bonchev–Trinajstić information content (AvgIpc) is 2.92. The van der Waals surface area contributed by atoms with Gasteiger partial charge >= 0.3 is 0 Å². The largest absolute Gasteiger partial charge is 0.340 e. The van der Waals surface area contributed by atoms with Crippen LogP contribution in [-0.2, 0) is 13.1 Å². The fraction of sp³-hybridized carbons (Fsp3) is 0.312. The minimum atomic E-state index is 0.768. The second kappa shape index (κ2) is 5.79. The van der Waals surface area contributed by atoms with E-state index >= 15 is 0 Å². The molecule has 0 radical (unpaired) electrons. The molecular formula is C16H18ClN3S. The van der Waals surface area contributed by atoms with Crippen molar-refractivity contribution in [1.29, 1.82) is 0 Å². The van der Waals surface area contributed by atoms with E-state index in [1.807, 2.05) is 19.2 Å². The Labute approximate surface area is 133 Å². The summed E-state index contributed by atoms with van der Waals surface area (Å²) in [5.41, 5.74) is 3.58. The topological polar surface area (TPSA) is 29.9 Å². The average molecular weight is 320 g/mol. The van der Waals surface area contributed by atoms with E-state index in [0.717, 1.165) is 28.8 Å². The van der Waals surface area contributed by atoms with Gasteiger partial charge in [0.05, 0.1) is 17.8 Å². The fourth-order valence-corrected chi connectivity index (χ4v) is 3.66. The lowest BCUT2D eigenvalue weighted by atomic mass is 10.2. The second-order valence-corrected chi connectivity index (χ2v) is 6.95. The maximum Gasteiger partial charge on any atom is 0.113 e. The first kappa shape index (κ1) is 14.6. The van der Waals surface area contributed by atoms with Gasteiger partial charge in [0, 0.05) is 28.0 Å². The summed E-state index contributed by atoms with van der Waals surface area (Å²) in [5.74, 6) is 0. The van der Waals surface area contributed by atoms with Crippen molar-refractivity contribution in [2.24, 2.45) is 0 Å². The Balaban J connectivity index is 2.06. The number of hydrogen-bond acceptors (Lipinski definition) is 3. The summed E-state index contributed by atoms with van der Waals surface area (Å²) < 4.78 is 2.24. The van der Waals surface area contributed by atoms with Gasteiger partial charge < -0.3 is 9.88 Å². The van der Waals surface area contributed by atoms with Crippen LogP contribution in [0.5, 0.6) is 0 Å². The number of thiazole rings is 1. The predicted octanol–water partition coefficient (Wildman–Crippen LogP) is 4.14. The van der Waals surface area contributed by atoms with Crippen molar-refractivity contribution in [2.45, 2.75) is 26.9 Å². The molecule has 2 aromatic heterocycles. The molecule has 1 N–H and O–H groups in total. The molecule has 0 aliphatic rings. The van der Waals surface area contributed by atoms with Crippen LogP contribution in [-0.4, -0.2) is 16.6 Å². The van der Waals surface area contributed by atoms with Crippen molar-refractivity contribution < 1.29 is 0 Å². The lowest BCUT2D eigenvalue weighted by molar-refractivity contribution is 0.791. The van der Waals surface area contributed by atoms with E-state index in [-0.39, 0.29) is 0 Å². The SMILES string of the molecule is CNCc1cn(Cc2nc(C)c(C)s2)c2cc(Cl)ccc12. The van der Waals surface area contributed by atoms with E-state index in [0.29, 0.717) is 0 Å². The molecule has 0 saturated heterocycles. The molecule has 21 heavy (non-hydrogen) atoms. The Bertz CT molecular complexity index is 769. The highest BCUT2D eigenvalue weighted by Crippen LogP contribution is 2.27. The van der Waals surface area contributed by atoms with Crippen LogP contribution in [0.15, 0.2) is 24.4 Å². The van der Waals surface area contributed by atoms with Crippen molar-refractivity contribution in [3.63, 3.8) is 0 Å². The maximum atomic E-state index is 6.17. The summed E-state index contributed by atoms with van der Waals surface area (Å²) in [7, 11) is 1.96. The Morgan fingerprint density at radius 1 is 1.33 bits per heavy atom. The molecule has 5 heteroatoms. The van der Waals surface area contributed by atoms with Crippen LogP contribution in [0.1, 0.15) is 21.1 Å². The van der Waals surface area contributed by atoms with Gasteiger partial charge in [-0.05, 0) is 38.6 Å². The molecule has 110 valence electrons. The van der Waals surface area contributed by atoms with E-state index in [2.05, 4.69) is 41.0 Å². The Morgan fingerprint density at radius 3 is 2.81 bits per heavy atom. The van der Waals surface area contributed by atoms with Gasteiger partial charge in [-0.15, -0.1) is 11.3 Å². The molecule has 0 aliphatic carbocycles. The molecule has 2 heterocycles. The third-order valence-corrected chi connectivity index (χ3v) is 4.97. The van der Waals surface area contributed by atoms with Gasteiger partial charge in [0.25, 0.3) is 0 Å². The molecule has 0 atom stereocenters. The molecule has 3 nitrogen and oxygen atoms in total. The number of fused-ring (bicyclic) bond motifs is 1. The first-order valence-corrected chi connectivity index (χ1v) is 8.12. The lowest BCUT2D eigenvalue weighted by Crippen LogP contribution is -2.04. The molecular weight excluding hydrogens is 302 g/mol. The molecule has 0 fully saturated rings. The van der Waals surface area contributed by atoms with Gasteiger partial charge in [0.2, 0.25) is 0 Å². The highest BCUT2D eigenvalue weighted by atomic mass is 35.5. The Hall–Kier alpha value is -1.36.